The molecule has 0 amide bonds. The molecule has 76 heavy (non-hydrogen) atoms. The number of phosphoric acid groups is 1. The minimum atomic E-state index is -4.42. The van der Waals surface area contributed by atoms with Gasteiger partial charge in [-0.2, -0.15) is 0 Å². The molecule has 9 nitrogen and oxygen atoms in total. The van der Waals surface area contributed by atoms with E-state index in [1.54, 1.807) is 0 Å². The molecule has 0 aromatic heterocycles. The second-order valence-corrected chi connectivity index (χ2v) is 20.7. The van der Waals surface area contributed by atoms with Crippen LogP contribution in [-0.4, -0.2) is 74.9 Å². The number of unbranched alkanes of at least 4 members (excludes halogenated alkanes) is 5. The van der Waals surface area contributed by atoms with Crippen LogP contribution < -0.4 is 0 Å². The van der Waals surface area contributed by atoms with Gasteiger partial charge in [-0.15, -0.1) is 0 Å². The van der Waals surface area contributed by atoms with Crippen molar-refractivity contribution >= 4 is 19.8 Å². The molecule has 0 bridgehead atoms. The van der Waals surface area contributed by atoms with E-state index in [-0.39, 0.29) is 26.1 Å². The van der Waals surface area contributed by atoms with Crippen molar-refractivity contribution in [3.63, 3.8) is 0 Å². The zero-order valence-electron chi connectivity index (χ0n) is 47.9. The lowest BCUT2D eigenvalue weighted by atomic mass is 10.1. The summed E-state index contributed by atoms with van der Waals surface area (Å²) < 4.78 is 34.4. The molecule has 0 rings (SSSR count). The molecule has 424 valence electrons. The summed E-state index contributed by atoms with van der Waals surface area (Å²) in [5.74, 6) is -0.917. The van der Waals surface area contributed by atoms with Gasteiger partial charge in [0.15, 0.2) is 6.10 Å². The van der Waals surface area contributed by atoms with Crippen molar-refractivity contribution in [2.75, 3.05) is 47.5 Å². The summed E-state index contributed by atoms with van der Waals surface area (Å²) >= 11 is 0. The number of quaternary nitrogens is 1. The molecule has 10 heteroatoms. The Bertz CT molecular complexity index is 1930. The molecular formula is C66H103NO8P+. The summed E-state index contributed by atoms with van der Waals surface area (Å²) in [5.41, 5.74) is 0. The van der Waals surface area contributed by atoms with E-state index >= 15 is 0 Å². The van der Waals surface area contributed by atoms with Gasteiger partial charge < -0.3 is 18.9 Å². The van der Waals surface area contributed by atoms with Crippen LogP contribution in [0.3, 0.4) is 0 Å². The van der Waals surface area contributed by atoms with Crippen LogP contribution in [0.2, 0.25) is 0 Å². The second-order valence-electron chi connectivity index (χ2n) is 19.2. The number of nitrogens with zero attached hydrogens (tertiary/aromatic N) is 1. The summed E-state index contributed by atoms with van der Waals surface area (Å²) in [6, 6.07) is 0. The maximum absolute atomic E-state index is 12.8. The third-order valence-electron chi connectivity index (χ3n) is 10.9. The van der Waals surface area contributed by atoms with Crippen molar-refractivity contribution in [1.29, 1.82) is 0 Å². The van der Waals surface area contributed by atoms with E-state index in [4.69, 9.17) is 18.5 Å². The van der Waals surface area contributed by atoms with Crippen molar-refractivity contribution in [2.24, 2.45) is 0 Å². The van der Waals surface area contributed by atoms with Crippen molar-refractivity contribution in [3.05, 3.63) is 182 Å². The minimum Gasteiger partial charge on any atom is -0.462 e. The van der Waals surface area contributed by atoms with Gasteiger partial charge in [0.25, 0.3) is 0 Å². The van der Waals surface area contributed by atoms with Crippen molar-refractivity contribution in [3.8, 4) is 0 Å². The predicted molar refractivity (Wildman–Crippen MR) is 325 cm³/mol. The topological polar surface area (TPSA) is 108 Å². The van der Waals surface area contributed by atoms with Crippen LogP contribution in [0, 0.1) is 0 Å². The average molecular weight is 1070 g/mol. The Balaban J connectivity index is 4.41. The summed E-state index contributed by atoms with van der Waals surface area (Å²) in [4.78, 5) is 35.7. The van der Waals surface area contributed by atoms with E-state index in [0.717, 1.165) is 128 Å². The van der Waals surface area contributed by atoms with E-state index in [1.165, 1.54) is 0 Å². The van der Waals surface area contributed by atoms with Crippen LogP contribution in [0.1, 0.15) is 168 Å². The number of carbonyl (C=O) groups is 2. The van der Waals surface area contributed by atoms with Crippen LogP contribution in [0.15, 0.2) is 182 Å². The van der Waals surface area contributed by atoms with E-state index in [0.29, 0.717) is 23.9 Å². The zero-order valence-corrected chi connectivity index (χ0v) is 48.8. The molecular weight excluding hydrogens is 966 g/mol. The Morgan fingerprint density at radius 3 is 1.08 bits per heavy atom. The number of hydrogen-bond acceptors (Lipinski definition) is 7. The monoisotopic (exact) mass is 1070 g/mol. The van der Waals surface area contributed by atoms with Gasteiger partial charge in [0.2, 0.25) is 0 Å². The van der Waals surface area contributed by atoms with Crippen molar-refractivity contribution < 1.29 is 42.1 Å². The number of ether oxygens (including phenoxy) is 2. The van der Waals surface area contributed by atoms with Gasteiger partial charge in [-0.3, -0.25) is 18.6 Å². The third kappa shape index (κ3) is 58.4. The molecule has 0 aliphatic rings. The van der Waals surface area contributed by atoms with Crippen molar-refractivity contribution in [1.82, 2.24) is 0 Å². The number of likely N-dealkylation sites (N-methyl/N-ethyl adjacent to an activating group) is 1. The van der Waals surface area contributed by atoms with E-state index in [1.807, 2.05) is 21.1 Å². The number of phosphoric ester groups is 1. The first-order valence-electron chi connectivity index (χ1n) is 28.5. The lowest BCUT2D eigenvalue weighted by Gasteiger charge is -2.24. The van der Waals surface area contributed by atoms with E-state index < -0.39 is 32.5 Å². The van der Waals surface area contributed by atoms with Crippen molar-refractivity contribution in [2.45, 2.75) is 174 Å². The predicted octanol–water partition coefficient (Wildman–Crippen LogP) is 18.0. The fourth-order valence-electron chi connectivity index (χ4n) is 6.61. The fourth-order valence-corrected chi connectivity index (χ4v) is 7.35. The molecule has 0 saturated carbocycles. The SMILES string of the molecule is CC/C=C\C/C=C\C/C=C\C/C=C\C/C=C\C/C=C\C/C=C\C/C=C\CCCCCCC(=O)OC(COC(=O)CCC/C=C\C/C=C\C/C=C\C/C=C\C/C=C\C/C=C\C/C=C\CC)COP(=O)(O)OCC[N+](C)(C)C. The molecule has 0 heterocycles. The highest BCUT2D eigenvalue weighted by molar-refractivity contribution is 7.47. The Morgan fingerprint density at radius 2 is 0.724 bits per heavy atom. The van der Waals surface area contributed by atoms with Crippen LogP contribution >= 0.6 is 7.82 Å². The average Bonchev–Trinajstić information content (AvgIpc) is 3.38. The van der Waals surface area contributed by atoms with Gasteiger partial charge >= 0.3 is 19.8 Å². The zero-order chi connectivity index (χ0) is 55.6. The molecule has 0 spiro atoms. The smallest absolute Gasteiger partial charge is 0.462 e. The lowest BCUT2D eigenvalue weighted by Crippen LogP contribution is -2.37. The quantitative estimate of drug-likeness (QED) is 0.0211. The molecule has 0 fully saturated rings. The van der Waals surface area contributed by atoms with Crippen LogP contribution in [-0.2, 0) is 32.7 Å². The van der Waals surface area contributed by atoms with Crippen LogP contribution in [0.5, 0.6) is 0 Å². The highest BCUT2D eigenvalue weighted by atomic mass is 31.2. The minimum absolute atomic E-state index is 0.00508. The van der Waals surface area contributed by atoms with Gasteiger partial charge in [-0.25, -0.2) is 4.57 Å². The standard InChI is InChI=1S/C66H102NO8P/c1-6-8-10-12-14-16-18-20-22-24-26-28-30-31-32-33-34-35-37-39-41-43-45-47-49-51-53-55-57-59-66(69)75-64(63-74-76(70,71)73-61-60-67(3,4)5)62-72-65(68)58-56-54-52-50-48-46-44-42-40-38-36-29-27-25-23-21-19-17-15-13-11-9-7-2/h8-11,14-17,20-23,26-29,31-32,34-35,38-41,44-47,50,52,64H,6-7,12-13,18-19,24-25,30,33,36-37,42-43,48-49,51,53-63H2,1-5H3/p+1/b10-8-,11-9-,16-14-,17-15-,22-20-,23-21-,28-26-,29-27-,32-31-,35-34-,40-38-,41-39-,46-44-,47-45-,52-50-. The first kappa shape index (κ1) is 71.1. The maximum Gasteiger partial charge on any atom is 0.472 e. The van der Waals surface area contributed by atoms with Gasteiger partial charge in [0.05, 0.1) is 27.7 Å². The second kappa shape index (κ2) is 54.9. The number of carbonyl (C=O) groups excluding carboxylic acids is 2. The molecule has 0 aromatic rings. The number of rotatable bonds is 49. The lowest BCUT2D eigenvalue weighted by molar-refractivity contribution is -0.870. The summed E-state index contributed by atoms with van der Waals surface area (Å²) in [7, 11) is 1.39. The molecule has 0 aliphatic carbocycles. The van der Waals surface area contributed by atoms with Crippen LogP contribution in [0.25, 0.3) is 0 Å². The normalized spacial score (nSPS) is 14.7. The fraction of sp³-hybridized carbons (Fsp3) is 0.515. The first-order valence-corrected chi connectivity index (χ1v) is 30.0. The van der Waals surface area contributed by atoms with Gasteiger partial charge in [0.1, 0.15) is 19.8 Å². The molecule has 0 aromatic carbocycles. The third-order valence-corrected chi connectivity index (χ3v) is 11.9. The molecule has 2 unspecified atom stereocenters. The first-order chi connectivity index (χ1) is 37.0. The Hall–Kier alpha value is -4.89. The van der Waals surface area contributed by atoms with Gasteiger partial charge in [-0.05, 0) is 128 Å². The maximum atomic E-state index is 12.8. The molecule has 0 aliphatic heterocycles. The Kier molecular flexibility index (Phi) is 51.4. The van der Waals surface area contributed by atoms with E-state index in [9.17, 15) is 19.0 Å². The number of esters is 2. The summed E-state index contributed by atoms with van der Waals surface area (Å²) in [6.45, 7) is 4.06. The molecule has 0 saturated heterocycles. The highest BCUT2D eigenvalue weighted by Crippen LogP contribution is 2.43. The van der Waals surface area contributed by atoms with Crippen LogP contribution in [0.4, 0.5) is 0 Å². The Morgan fingerprint density at radius 1 is 0.408 bits per heavy atom. The number of allylic oxidation sites excluding steroid dienone is 30. The summed E-state index contributed by atoms with van der Waals surface area (Å²) in [5, 5.41) is 0. The molecule has 1 N–H and O–H groups in total. The largest absolute Gasteiger partial charge is 0.472 e. The van der Waals surface area contributed by atoms with E-state index in [2.05, 4.69) is 196 Å². The highest BCUT2D eigenvalue weighted by Gasteiger charge is 2.27. The molecule has 2 atom stereocenters. The Labute approximate surface area is 463 Å². The number of hydrogen-bond donors (Lipinski definition) is 1. The van der Waals surface area contributed by atoms with Gasteiger partial charge in [-0.1, -0.05) is 209 Å². The molecule has 0 radical (unpaired) electrons. The summed E-state index contributed by atoms with van der Waals surface area (Å²) in [6.07, 6.45) is 85.3. The van der Waals surface area contributed by atoms with Gasteiger partial charge in [0, 0.05) is 12.8 Å².